The minimum absolute atomic E-state index is 0.127. The van der Waals surface area contributed by atoms with Crippen LogP contribution in [0.2, 0.25) is 0 Å². The number of aromatic nitrogens is 7. The number of rotatable bonds is 5. The van der Waals surface area contributed by atoms with Crippen molar-refractivity contribution >= 4 is 27.8 Å². The van der Waals surface area contributed by atoms with Crippen molar-refractivity contribution in [3.63, 3.8) is 0 Å². The zero-order chi connectivity index (χ0) is 23.1. The third-order valence-electron chi connectivity index (χ3n) is 6.01. The van der Waals surface area contributed by atoms with Crippen LogP contribution < -0.4 is 5.32 Å². The number of nitrogens with one attached hydrogen (secondary N) is 1. The molecule has 0 radical (unpaired) electrons. The molecular weight excluding hydrogens is 424 g/mol. The molecule has 0 aliphatic heterocycles. The summed E-state index contributed by atoms with van der Waals surface area (Å²) in [6.07, 6.45) is 14.9. The van der Waals surface area contributed by atoms with E-state index >= 15 is 0 Å². The highest BCUT2D eigenvalue weighted by molar-refractivity contribution is 5.96. The fourth-order valence-corrected chi connectivity index (χ4v) is 4.32. The van der Waals surface area contributed by atoms with E-state index < -0.39 is 0 Å². The van der Waals surface area contributed by atoms with Crippen LogP contribution >= 0.6 is 0 Å². The molecule has 34 heavy (non-hydrogen) atoms. The first kappa shape index (κ1) is 20.0. The van der Waals surface area contributed by atoms with Gasteiger partial charge in [-0.05, 0) is 35.9 Å². The van der Waals surface area contributed by atoms with Gasteiger partial charge in [0.15, 0.2) is 0 Å². The zero-order valence-electron chi connectivity index (χ0n) is 18.8. The summed E-state index contributed by atoms with van der Waals surface area (Å²) in [5.41, 5.74) is 8.65. The van der Waals surface area contributed by atoms with Crippen molar-refractivity contribution in [1.29, 1.82) is 0 Å². The molecule has 1 aromatic carbocycles. The van der Waals surface area contributed by atoms with Crippen LogP contribution in [0.1, 0.15) is 17.2 Å². The van der Waals surface area contributed by atoms with E-state index in [2.05, 4.69) is 53.1 Å². The lowest BCUT2D eigenvalue weighted by atomic mass is 10.0. The zero-order valence-corrected chi connectivity index (χ0v) is 18.8. The first-order valence-corrected chi connectivity index (χ1v) is 11.0. The van der Waals surface area contributed by atoms with Gasteiger partial charge >= 0.3 is 0 Å². The Bertz CT molecular complexity index is 1620. The minimum Gasteiger partial charge on any atom is -0.374 e. The van der Waals surface area contributed by atoms with Gasteiger partial charge in [-0.25, -0.2) is 0 Å². The normalized spacial score (nSPS) is 12.3. The molecule has 5 aromatic heterocycles. The highest BCUT2D eigenvalue weighted by Crippen LogP contribution is 2.34. The molecule has 6 aromatic rings. The number of pyridine rings is 2. The first-order valence-electron chi connectivity index (χ1n) is 11.0. The molecule has 0 aliphatic carbocycles. The molecule has 0 unspecified atom stereocenters. The van der Waals surface area contributed by atoms with Crippen molar-refractivity contribution in [2.24, 2.45) is 14.1 Å². The van der Waals surface area contributed by atoms with Gasteiger partial charge in [-0.15, -0.1) is 0 Å². The van der Waals surface area contributed by atoms with Crippen molar-refractivity contribution in [3.05, 3.63) is 97.1 Å². The number of hydrogen-bond acceptors (Lipinski definition) is 6. The summed E-state index contributed by atoms with van der Waals surface area (Å²) in [6, 6.07) is 12.2. The predicted molar refractivity (Wildman–Crippen MR) is 132 cm³/mol. The fourth-order valence-electron chi connectivity index (χ4n) is 4.32. The van der Waals surface area contributed by atoms with Crippen LogP contribution in [0, 0.1) is 0 Å². The molecule has 0 spiro atoms. The molecule has 5 heterocycles. The van der Waals surface area contributed by atoms with E-state index in [1.54, 1.807) is 23.3 Å². The van der Waals surface area contributed by atoms with Crippen molar-refractivity contribution in [2.45, 2.75) is 6.04 Å². The standard InChI is InChI=1S/C26H22N8/c1-33-9-5-22-24(33)10-18(14-30-22)21-11-20(12-23-26(21)29-8-7-28-23)32-25(17-4-3-6-27-13-17)19-15-31-34(2)16-19/h3-16,25,32H,1-2H3/t25-/m1/s1. The lowest BCUT2D eigenvalue weighted by Gasteiger charge is -2.20. The molecule has 8 nitrogen and oxygen atoms in total. The van der Waals surface area contributed by atoms with Crippen molar-refractivity contribution < 1.29 is 0 Å². The van der Waals surface area contributed by atoms with E-state index in [4.69, 9.17) is 0 Å². The van der Waals surface area contributed by atoms with Crippen LogP contribution in [0.5, 0.6) is 0 Å². The summed E-state index contributed by atoms with van der Waals surface area (Å²) in [5, 5.41) is 8.06. The Morgan fingerprint density at radius 2 is 1.76 bits per heavy atom. The molecule has 0 amide bonds. The number of anilines is 1. The van der Waals surface area contributed by atoms with Gasteiger partial charge in [-0.3, -0.25) is 24.6 Å². The second-order valence-corrected chi connectivity index (χ2v) is 8.31. The molecule has 0 aliphatic rings. The Morgan fingerprint density at radius 1 is 0.853 bits per heavy atom. The smallest absolute Gasteiger partial charge is 0.0967 e. The van der Waals surface area contributed by atoms with E-state index in [9.17, 15) is 0 Å². The maximum Gasteiger partial charge on any atom is 0.0967 e. The van der Waals surface area contributed by atoms with E-state index in [-0.39, 0.29) is 6.04 Å². The molecule has 0 saturated heterocycles. The van der Waals surface area contributed by atoms with E-state index in [1.165, 1.54) is 0 Å². The number of aryl methyl sites for hydroxylation is 2. The highest BCUT2D eigenvalue weighted by atomic mass is 15.2. The third kappa shape index (κ3) is 3.55. The average molecular weight is 447 g/mol. The van der Waals surface area contributed by atoms with Gasteiger partial charge in [0.2, 0.25) is 0 Å². The molecule has 0 bridgehead atoms. The summed E-state index contributed by atoms with van der Waals surface area (Å²) < 4.78 is 3.88. The largest absolute Gasteiger partial charge is 0.374 e. The quantitative estimate of drug-likeness (QED) is 0.419. The van der Waals surface area contributed by atoms with Gasteiger partial charge < -0.3 is 9.88 Å². The lowest BCUT2D eigenvalue weighted by molar-refractivity contribution is 0.766. The Labute approximate surface area is 196 Å². The van der Waals surface area contributed by atoms with Gasteiger partial charge in [0, 0.05) is 79.9 Å². The average Bonchev–Trinajstić information content (AvgIpc) is 3.47. The monoisotopic (exact) mass is 446 g/mol. The van der Waals surface area contributed by atoms with Crippen LogP contribution in [0.4, 0.5) is 5.69 Å². The molecule has 1 N–H and O–H groups in total. The van der Waals surface area contributed by atoms with Gasteiger partial charge in [-0.1, -0.05) is 6.07 Å². The van der Waals surface area contributed by atoms with Crippen LogP contribution in [0.3, 0.4) is 0 Å². The Hall–Kier alpha value is -4.59. The Balaban J connectivity index is 1.50. The Kier molecular flexibility index (Phi) is 4.76. The van der Waals surface area contributed by atoms with Crippen LogP contribution in [-0.2, 0) is 14.1 Å². The topological polar surface area (TPSA) is 86.3 Å². The van der Waals surface area contributed by atoms with E-state index in [1.807, 2.05) is 63.3 Å². The number of nitrogens with zero attached hydrogens (tertiary/aromatic N) is 7. The maximum absolute atomic E-state index is 4.67. The van der Waals surface area contributed by atoms with Crippen LogP contribution in [0.25, 0.3) is 33.2 Å². The molecule has 166 valence electrons. The summed E-state index contributed by atoms with van der Waals surface area (Å²) in [7, 11) is 3.94. The molecule has 8 heteroatoms. The van der Waals surface area contributed by atoms with E-state index in [0.29, 0.717) is 0 Å². The van der Waals surface area contributed by atoms with Gasteiger partial charge in [0.1, 0.15) is 0 Å². The van der Waals surface area contributed by atoms with Crippen LogP contribution in [0.15, 0.2) is 86.0 Å². The summed E-state index contributed by atoms with van der Waals surface area (Å²) in [5.74, 6) is 0. The summed E-state index contributed by atoms with van der Waals surface area (Å²) in [6.45, 7) is 0. The molecular formula is C26H22N8. The van der Waals surface area contributed by atoms with Crippen molar-refractivity contribution in [3.8, 4) is 11.1 Å². The van der Waals surface area contributed by atoms with Crippen molar-refractivity contribution in [2.75, 3.05) is 5.32 Å². The second-order valence-electron chi connectivity index (χ2n) is 8.31. The molecule has 0 saturated carbocycles. The lowest BCUT2D eigenvalue weighted by Crippen LogP contribution is -2.12. The summed E-state index contributed by atoms with van der Waals surface area (Å²) >= 11 is 0. The maximum atomic E-state index is 4.67. The first-order chi connectivity index (χ1) is 16.7. The molecule has 0 fully saturated rings. The number of benzene rings is 1. The highest BCUT2D eigenvalue weighted by Gasteiger charge is 2.18. The third-order valence-corrected chi connectivity index (χ3v) is 6.01. The van der Waals surface area contributed by atoms with Crippen LogP contribution in [-0.4, -0.2) is 34.3 Å². The van der Waals surface area contributed by atoms with Gasteiger partial charge in [-0.2, -0.15) is 5.10 Å². The van der Waals surface area contributed by atoms with Gasteiger partial charge in [0.05, 0.1) is 34.3 Å². The number of fused-ring (bicyclic) bond motifs is 2. The van der Waals surface area contributed by atoms with Gasteiger partial charge in [0.25, 0.3) is 0 Å². The second kappa shape index (κ2) is 8.08. The minimum atomic E-state index is -0.127. The Morgan fingerprint density at radius 3 is 2.59 bits per heavy atom. The SMILES string of the molecule is Cn1cc([C@H](Nc2cc(-c3cnc4ccn(C)c4c3)c3nccnc3c2)c2cccnc2)cn1. The molecule has 1 atom stereocenters. The fraction of sp³-hybridized carbons (Fsp3) is 0.115. The number of hydrogen-bond donors (Lipinski definition) is 1. The predicted octanol–water partition coefficient (Wildman–Crippen LogP) is 4.51. The molecule has 6 rings (SSSR count). The van der Waals surface area contributed by atoms with E-state index in [0.717, 1.165) is 50.0 Å². The van der Waals surface area contributed by atoms with Crippen molar-refractivity contribution in [1.82, 2.24) is 34.3 Å². The summed E-state index contributed by atoms with van der Waals surface area (Å²) in [4.78, 5) is 18.2.